The van der Waals surface area contributed by atoms with E-state index in [1.54, 1.807) is 18.2 Å². The van der Waals surface area contributed by atoms with Gasteiger partial charge in [0.1, 0.15) is 11.6 Å². The van der Waals surface area contributed by atoms with Crippen molar-refractivity contribution in [3.05, 3.63) is 58.3 Å². The molecular formula is C18H20BrFN4O. The van der Waals surface area contributed by atoms with E-state index in [-0.39, 0.29) is 11.6 Å². The highest BCUT2D eigenvalue weighted by atomic mass is 79.9. The molecule has 25 heavy (non-hydrogen) atoms. The summed E-state index contributed by atoms with van der Waals surface area (Å²) in [5.74, 6) is 0.500. The van der Waals surface area contributed by atoms with Gasteiger partial charge in [0.25, 0.3) is 0 Å². The van der Waals surface area contributed by atoms with Crippen molar-refractivity contribution in [3.8, 4) is 5.75 Å². The molecule has 2 aromatic carbocycles. The third-order valence-electron chi connectivity index (χ3n) is 4.23. The molecule has 0 unspecified atom stereocenters. The van der Waals surface area contributed by atoms with Crippen molar-refractivity contribution < 1.29 is 9.50 Å². The molecule has 1 fully saturated rings. The zero-order valence-electron chi connectivity index (χ0n) is 13.7. The molecule has 7 heteroatoms. The number of halogens is 2. The lowest BCUT2D eigenvalue weighted by atomic mass is 10.2. The summed E-state index contributed by atoms with van der Waals surface area (Å²) in [6, 6.07) is 11.8. The van der Waals surface area contributed by atoms with Gasteiger partial charge in [0, 0.05) is 31.9 Å². The molecule has 1 aliphatic rings. The molecule has 2 aromatic rings. The first kappa shape index (κ1) is 17.5. The lowest BCUT2D eigenvalue weighted by Gasteiger charge is -2.36. The first-order chi connectivity index (χ1) is 12.0. The predicted octanol–water partition coefficient (Wildman–Crippen LogP) is 2.93. The van der Waals surface area contributed by atoms with Gasteiger partial charge in [0.2, 0.25) is 0 Å². The number of nitrogens with zero attached hydrogens (tertiary/aromatic N) is 3. The Labute approximate surface area is 154 Å². The van der Waals surface area contributed by atoms with Gasteiger partial charge >= 0.3 is 0 Å². The van der Waals surface area contributed by atoms with Crippen LogP contribution in [-0.2, 0) is 6.54 Å². The van der Waals surface area contributed by atoms with E-state index in [2.05, 4.69) is 30.7 Å². The maximum Gasteiger partial charge on any atom is 0.191 e. The summed E-state index contributed by atoms with van der Waals surface area (Å²) in [7, 11) is 0. The maximum absolute atomic E-state index is 13.0. The summed E-state index contributed by atoms with van der Waals surface area (Å²) in [6.07, 6.45) is 0. The van der Waals surface area contributed by atoms with Gasteiger partial charge < -0.3 is 20.6 Å². The first-order valence-electron chi connectivity index (χ1n) is 8.06. The van der Waals surface area contributed by atoms with Crippen LogP contribution >= 0.6 is 15.9 Å². The Balaban J connectivity index is 1.56. The van der Waals surface area contributed by atoms with Crippen LogP contribution in [-0.4, -0.2) is 42.1 Å². The fourth-order valence-electron chi connectivity index (χ4n) is 2.77. The molecule has 0 aliphatic carbocycles. The van der Waals surface area contributed by atoms with Crippen LogP contribution < -0.4 is 10.6 Å². The number of hydrogen-bond acceptors (Lipinski definition) is 3. The number of rotatable bonds is 3. The largest absolute Gasteiger partial charge is 0.507 e. The van der Waals surface area contributed by atoms with Gasteiger partial charge in [-0.15, -0.1) is 0 Å². The second-order valence-corrected chi connectivity index (χ2v) is 6.77. The molecule has 5 nitrogen and oxygen atoms in total. The molecule has 132 valence electrons. The van der Waals surface area contributed by atoms with Gasteiger partial charge in [0.15, 0.2) is 5.96 Å². The number of benzene rings is 2. The van der Waals surface area contributed by atoms with Gasteiger partial charge in [-0.3, -0.25) is 0 Å². The van der Waals surface area contributed by atoms with E-state index in [9.17, 15) is 9.50 Å². The second kappa shape index (κ2) is 7.74. The fraction of sp³-hybridized carbons (Fsp3) is 0.278. The number of anilines is 1. The van der Waals surface area contributed by atoms with Crippen LogP contribution in [0.3, 0.4) is 0 Å². The number of hydrogen-bond donors (Lipinski definition) is 2. The number of guanidine groups is 1. The van der Waals surface area contributed by atoms with E-state index in [1.807, 2.05) is 12.1 Å². The minimum absolute atomic E-state index is 0.206. The summed E-state index contributed by atoms with van der Waals surface area (Å²) >= 11 is 3.29. The van der Waals surface area contributed by atoms with Crippen molar-refractivity contribution in [2.24, 2.45) is 10.7 Å². The molecule has 1 aliphatic heterocycles. The van der Waals surface area contributed by atoms with Crippen LogP contribution in [0.4, 0.5) is 10.1 Å². The lowest BCUT2D eigenvalue weighted by Crippen LogP contribution is -2.51. The molecule has 3 rings (SSSR count). The highest BCUT2D eigenvalue weighted by molar-refractivity contribution is 9.10. The average molecular weight is 407 g/mol. The Hall–Kier alpha value is -2.28. The normalized spacial score (nSPS) is 15.5. The van der Waals surface area contributed by atoms with Crippen molar-refractivity contribution in [3.63, 3.8) is 0 Å². The molecule has 0 bridgehead atoms. The van der Waals surface area contributed by atoms with Crippen molar-refractivity contribution in [2.75, 3.05) is 31.1 Å². The third kappa shape index (κ3) is 4.42. The Morgan fingerprint density at radius 1 is 1.12 bits per heavy atom. The molecule has 0 spiro atoms. The third-order valence-corrected chi connectivity index (χ3v) is 4.87. The van der Waals surface area contributed by atoms with Crippen LogP contribution in [0.1, 0.15) is 5.56 Å². The predicted molar refractivity (Wildman–Crippen MR) is 101 cm³/mol. The SMILES string of the molecule is NC(=NCc1ccc(O)c(Br)c1)N1CCN(c2ccc(F)cc2)CC1. The van der Waals surface area contributed by atoms with Crippen LogP contribution in [0.25, 0.3) is 0 Å². The van der Waals surface area contributed by atoms with Crippen molar-refractivity contribution in [2.45, 2.75) is 6.54 Å². The first-order valence-corrected chi connectivity index (χ1v) is 8.85. The van der Waals surface area contributed by atoms with Crippen molar-refractivity contribution >= 4 is 27.6 Å². The van der Waals surface area contributed by atoms with Crippen LogP contribution in [0, 0.1) is 5.82 Å². The van der Waals surface area contributed by atoms with E-state index >= 15 is 0 Å². The Morgan fingerprint density at radius 2 is 1.80 bits per heavy atom. The number of aromatic hydroxyl groups is 1. The number of piperazine rings is 1. The summed E-state index contributed by atoms with van der Waals surface area (Å²) in [4.78, 5) is 8.71. The van der Waals surface area contributed by atoms with Crippen molar-refractivity contribution in [1.82, 2.24) is 4.90 Å². The summed E-state index contributed by atoms with van der Waals surface area (Å²) in [5.41, 5.74) is 8.10. The second-order valence-electron chi connectivity index (χ2n) is 5.91. The number of phenolic OH excluding ortho intramolecular Hbond substituents is 1. The van der Waals surface area contributed by atoms with E-state index in [1.165, 1.54) is 12.1 Å². The molecule has 0 atom stereocenters. The summed E-state index contributed by atoms with van der Waals surface area (Å²) in [5, 5.41) is 9.52. The molecular weight excluding hydrogens is 387 g/mol. The molecule has 1 heterocycles. The number of phenols is 1. The van der Waals surface area contributed by atoms with Crippen LogP contribution in [0.15, 0.2) is 51.9 Å². The monoisotopic (exact) mass is 406 g/mol. The van der Waals surface area contributed by atoms with Gasteiger partial charge in [-0.1, -0.05) is 6.07 Å². The van der Waals surface area contributed by atoms with E-state index < -0.39 is 0 Å². The molecule has 0 radical (unpaired) electrons. The smallest absolute Gasteiger partial charge is 0.191 e. The molecule has 1 saturated heterocycles. The molecule has 0 amide bonds. The van der Waals surface area contributed by atoms with E-state index in [0.717, 1.165) is 37.4 Å². The van der Waals surface area contributed by atoms with E-state index in [4.69, 9.17) is 5.73 Å². The maximum atomic E-state index is 13.0. The minimum Gasteiger partial charge on any atom is -0.507 e. The Bertz CT molecular complexity index is 758. The van der Waals surface area contributed by atoms with Crippen molar-refractivity contribution in [1.29, 1.82) is 0 Å². The van der Waals surface area contributed by atoms with Gasteiger partial charge in [-0.05, 0) is 57.9 Å². The molecule has 3 N–H and O–H groups in total. The zero-order chi connectivity index (χ0) is 17.8. The van der Waals surface area contributed by atoms with Gasteiger partial charge in [-0.25, -0.2) is 9.38 Å². The molecule has 0 aromatic heterocycles. The minimum atomic E-state index is -0.223. The standard InChI is InChI=1S/C18H20BrFN4O/c19-16-11-13(1-6-17(16)25)12-22-18(21)24-9-7-23(8-10-24)15-4-2-14(20)3-5-15/h1-6,11,25H,7-10,12H2,(H2,21,22). The topological polar surface area (TPSA) is 65.1 Å². The van der Waals surface area contributed by atoms with Crippen LogP contribution in [0.2, 0.25) is 0 Å². The Morgan fingerprint density at radius 3 is 2.44 bits per heavy atom. The Kier molecular flexibility index (Phi) is 5.43. The highest BCUT2D eigenvalue weighted by Crippen LogP contribution is 2.24. The summed E-state index contributed by atoms with van der Waals surface area (Å²) < 4.78 is 13.7. The fourth-order valence-corrected chi connectivity index (χ4v) is 3.19. The van der Waals surface area contributed by atoms with Gasteiger partial charge in [0.05, 0.1) is 11.0 Å². The zero-order valence-corrected chi connectivity index (χ0v) is 15.3. The average Bonchev–Trinajstić information content (AvgIpc) is 2.63. The number of nitrogens with two attached hydrogens (primary N) is 1. The molecule has 0 saturated carbocycles. The lowest BCUT2D eigenvalue weighted by molar-refractivity contribution is 0.380. The van der Waals surface area contributed by atoms with Crippen LogP contribution in [0.5, 0.6) is 5.75 Å². The van der Waals surface area contributed by atoms with Gasteiger partial charge in [-0.2, -0.15) is 0 Å². The summed E-state index contributed by atoms with van der Waals surface area (Å²) in [6.45, 7) is 3.63. The quantitative estimate of drug-likeness (QED) is 0.607. The number of aliphatic imine (C=N–C) groups is 1. The van der Waals surface area contributed by atoms with E-state index in [0.29, 0.717) is 17.0 Å². The highest BCUT2D eigenvalue weighted by Gasteiger charge is 2.18.